The molecule has 4 aromatic rings. The monoisotopic (exact) mass is 346 g/mol. The lowest BCUT2D eigenvalue weighted by Crippen LogP contribution is -2.37. The average molecular weight is 346 g/mol. The Kier molecular flexibility index (Phi) is 3.44. The van der Waals surface area contributed by atoms with Crippen LogP contribution < -0.4 is 10.6 Å². The van der Waals surface area contributed by atoms with Gasteiger partial charge in [-0.25, -0.2) is 14.8 Å². The van der Waals surface area contributed by atoms with Gasteiger partial charge < -0.3 is 9.88 Å². The lowest BCUT2D eigenvalue weighted by atomic mass is 10.0. The zero-order valence-electron chi connectivity index (χ0n) is 14.2. The number of anilines is 1. The molecule has 1 saturated heterocycles. The number of para-hydroxylation sites is 2. The number of H-pyrrole nitrogens is 1. The molecule has 1 aliphatic heterocycles. The van der Waals surface area contributed by atoms with Crippen molar-refractivity contribution in [3.8, 4) is 0 Å². The number of benzene rings is 1. The molecule has 0 saturated carbocycles. The highest BCUT2D eigenvalue weighted by Crippen LogP contribution is 2.29. The molecule has 1 aliphatic rings. The largest absolute Gasteiger partial charge is 0.355 e. The van der Waals surface area contributed by atoms with Crippen LogP contribution in [0, 0.1) is 0 Å². The van der Waals surface area contributed by atoms with Crippen LogP contribution in [-0.2, 0) is 0 Å². The summed E-state index contributed by atoms with van der Waals surface area (Å²) in [7, 11) is 0. The third-order valence-corrected chi connectivity index (χ3v) is 5.13. The molecule has 1 aromatic carbocycles. The minimum absolute atomic E-state index is 0.0289. The summed E-state index contributed by atoms with van der Waals surface area (Å²) in [6.07, 6.45) is 5.14. The number of piperidine rings is 1. The van der Waals surface area contributed by atoms with Gasteiger partial charge in [-0.15, -0.1) is 0 Å². The van der Waals surface area contributed by atoms with Gasteiger partial charge in [0, 0.05) is 25.3 Å². The normalized spacial score (nSPS) is 15.8. The van der Waals surface area contributed by atoms with E-state index in [9.17, 15) is 4.79 Å². The molecule has 7 heteroatoms. The van der Waals surface area contributed by atoms with Gasteiger partial charge in [-0.1, -0.05) is 12.1 Å². The van der Waals surface area contributed by atoms with Crippen molar-refractivity contribution < 1.29 is 0 Å². The third-order valence-electron chi connectivity index (χ3n) is 5.13. The Bertz CT molecular complexity index is 1130. The topological polar surface area (TPSA) is 79.7 Å². The van der Waals surface area contributed by atoms with Crippen molar-refractivity contribution in [2.24, 2.45) is 0 Å². The maximum absolute atomic E-state index is 12.4. The van der Waals surface area contributed by atoms with Crippen LogP contribution in [-0.4, -0.2) is 37.6 Å². The van der Waals surface area contributed by atoms with E-state index in [2.05, 4.69) is 24.8 Å². The van der Waals surface area contributed by atoms with Gasteiger partial charge in [0.15, 0.2) is 5.82 Å². The summed E-state index contributed by atoms with van der Waals surface area (Å²) < 4.78 is 1.91. The number of fused-ring (bicyclic) bond motifs is 2. The summed E-state index contributed by atoms with van der Waals surface area (Å²) in [5.74, 6) is 0.875. The Morgan fingerprint density at radius 1 is 1.00 bits per heavy atom. The van der Waals surface area contributed by atoms with Crippen molar-refractivity contribution in [3.05, 3.63) is 59.4 Å². The van der Waals surface area contributed by atoms with Gasteiger partial charge in [-0.3, -0.25) is 9.55 Å². The molecule has 26 heavy (non-hydrogen) atoms. The Hall–Kier alpha value is -3.22. The first-order valence-electron chi connectivity index (χ1n) is 8.81. The molecule has 1 fully saturated rings. The molecule has 130 valence electrons. The molecule has 0 aliphatic carbocycles. The second-order valence-corrected chi connectivity index (χ2v) is 6.60. The smallest absolute Gasteiger partial charge is 0.326 e. The molecule has 0 radical (unpaired) electrons. The van der Waals surface area contributed by atoms with Crippen molar-refractivity contribution in [2.45, 2.75) is 18.9 Å². The van der Waals surface area contributed by atoms with Crippen molar-refractivity contribution >= 4 is 27.9 Å². The van der Waals surface area contributed by atoms with E-state index in [0.29, 0.717) is 0 Å². The molecular weight excluding hydrogens is 328 g/mol. The van der Waals surface area contributed by atoms with Crippen molar-refractivity contribution in [1.29, 1.82) is 0 Å². The minimum Gasteiger partial charge on any atom is -0.355 e. The average Bonchev–Trinajstić information content (AvgIpc) is 3.03. The number of aromatic amines is 1. The lowest BCUT2D eigenvalue weighted by molar-refractivity contribution is 0.395. The number of imidazole rings is 1. The van der Waals surface area contributed by atoms with Crippen molar-refractivity contribution in [3.63, 3.8) is 0 Å². The zero-order chi connectivity index (χ0) is 17.5. The first kappa shape index (κ1) is 15.1. The molecule has 0 atom stereocenters. The summed E-state index contributed by atoms with van der Waals surface area (Å²) in [6, 6.07) is 11.9. The highest BCUT2D eigenvalue weighted by Gasteiger charge is 2.25. The maximum atomic E-state index is 12.4. The van der Waals surface area contributed by atoms with E-state index >= 15 is 0 Å². The van der Waals surface area contributed by atoms with E-state index in [1.165, 1.54) is 0 Å². The van der Waals surface area contributed by atoms with E-state index < -0.39 is 0 Å². The number of hydrogen-bond acceptors (Lipinski definition) is 5. The minimum atomic E-state index is -0.0289. The maximum Gasteiger partial charge on any atom is 0.326 e. The van der Waals surface area contributed by atoms with Crippen LogP contribution in [0.3, 0.4) is 0 Å². The second kappa shape index (κ2) is 5.94. The Labute approximate surface area is 149 Å². The molecule has 5 rings (SSSR count). The zero-order valence-corrected chi connectivity index (χ0v) is 14.2. The predicted octanol–water partition coefficient (Wildman–Crippen LogP) is 2.51. The lowest BCUT2D eigenvalue weighted by Gasteiger charge is -2.33. The molecule has 0 bridgehead atoms. The Morgan fingerprint density at radius 3 is 2.73 bits per heavy atom. The van der Waals surface area contributed by atoms with Gasteiger partial charge in [0.25, 0.3) is 0 Å². The highest BCUT2D eigenvalue weighted by molar-refractivity contribution is 5.85. The van der Waals surface area contributed by atoms with E-state index in [4.69, 9.17) is 0 Å². The van der Waals surface area contributed by atoms with Crippen LogP contribution >= 0.6 is 0 Å². The van der Waals surface area contributed by atoms with Crippen LogP contribution in [0.15, 0.2) is 53.7 Å². The summed E-state index contributed by atoms with van der Waals surface area (Å²) >= 11 is 0. The van der Waals surface area contributed by atoms with E-state index in [1.807, 2.05) is 41.0 Å². The molecule has 4 heterocycles. The van der Waals surface area contributed by atoms with E-state index in [0.717, 1.165) is 53.8 Å². The van der Waals surface area contributed by atoms with Crippen molar-refractivity contribution in [2.75, 3.05) is 18.0 Å². The van der Waals surface area contributed by atoms with Gasteiger partial charge in [-0.2, -0.15) is 0 Å². The standard InChI is InChI=1S/C19H18N6O/c26-19-23-14-4-1-2-6-16(14)25(19)13-7-10-24(11-8-13)18-17-15(21-12-22-18)5-3-9-20-17/h1-6,9,12-13H,7-8,10-11H2,(H,23,26). The molecule has 0 amide bonds. The van der Waals surface area contributed by atoms with Gasteiger partial charge >= 0.3 is 5.69 Å². The fourth-order valence-electron chi connectivity index (χ4n) is 3.88. The first-order chi connectivity index (χ1) is 12.8. The number of pyridine rings is 1. The molecular formula is C19H18N6O. The van der Waals surface area contributed by atoms with Gasteiger partial charge in [0.05, 0.1) is 16.6 Å². The summed E-state index contributed by atoms with van der Waals surface area (Å²) in [6.45, 7) is 1.67. The number of nitrogens with zero attached hydrogens (tertiary/aromatic N) is 5. The van der Waals surface area contributed by atoms with E-state index in [-0.39, 0.29) is 11.7 Å². The summed E-state index contributed by atoms with van der Waals surface area (Å²) in [5, 5.41) is 0. The summed E-state index contributed by atoms with van der Waals surface area (Å²) in [5.41, 5.74) is 3.53. The molecule has 7 nitrogen and oxygen atoms in total. The number of rotatable bonds is 2. The van der Waals surface area contributed by atoms with Gasteiger partial charge in [0.1, 0.15) is 11.8 Å². The van der Waals surface area contributed by atoms with Gasteiger partial charge in [0.2, 0.25) is 0 Å². The summed E-state index contributed by atoms with van der Waals surface area (Å²) in [4.78, 5) is 30.8. The second-order valence-electron chi connectivity index (χ2n) is 6.60. The van der Waals surface area contributed by atoms with Crippen LogP contribution in [0.5, 0.6) is 0 Å². The number of nitrogens with one attached hydrogen (secondary N) is 1. The Morgan fingerprint density at radius 2 is 1.85 bits per heavy atom. The highest BCUT2D eigenvalue weighted by atomic mass is 16.1. The number of aromatic nitrogens is 5. The first-order valence-corrected chi connectivity index (χ1v) is 8.81. The van der Waals surface area contributed by atoms with Crippen LogP contribution in [0.2, 0.25) is 0 Å². The molecule has 3 aromatic heterocycles. The fraction of sp³-hybridized carbons (Fsp3) is 0.263. The molecule has 0 unspecified atom stereocenters. The van der Waals surface area contributed by atoms with Gasteiger partial charge in [-0.05, 0) is 37.1 Å². The third kappa shape index (κ3) is 2.35. The van der Waals surface area contributed by atoms with Crippen LogP contribution in [0.4, 0.5) is 5.82 Å². The predicted molar refractivity (Wildman–Crippen MR) is 100 cm³/mol. The quantitative estimate of drug-likeness (QED) is 0.603. The molecule has 1 N–H and O–H groups in total. The number of hydrogen-bond donors (Lipinski definition) is 1. The van der Waals surface area contributed by atoms with Crippen LogP contribution in [0.25, 0.3) is 22.1 Å². The SMILES string of the molecule is O=c1[nH]c2ccccc2n1C1CCN(c2ncnc3cccnc23)CC1. The van der Waals surface area contributed by atoms with E-state index in [1.54, 1.807) is 12.5 Å². The fourth-order valence-corrected chi connectivity index (χ4v) is 3.88. The molecule has 0 spiro atoms. The Balaban J connectivity index is 1.44. The van der Waals surface area contributed by atoms with Crippen molar-refractivity contribution in [1.82, 2.24) is 24.5 Å². The van der Waals surface area contributed by atoms with Crippen LogP contribution in [0.1, 0.15) is 18.9 Å².